The molecule has 2 rings (SSSR count). The second kappa shape index (κ2) is 5.80. The zero-order chi connectivity index (χ0) is 14.9. The van der Waals surface area contributed by atoms with Crippen molar-refractivity contribution < 1.29 is 0 Å². The van der Waals surface area contributed by atoms with Crippen LogP contribution in [0.15, 0.2) is 18.2 Å². The number of fused-ring (bicyclic) bond motifs is 1. The standard InChI is InChI=1S/C17H25N3/c1-6-11(4)13-7-8-15-14(9-13)17(20-18)16(10(2)3)12(5)19-15/h7-11H,6,18H2,1-5H3,(H,19,20). The minimum Gasteiger partial charge on any atom is -0.323 e. The number of nitrogens with one attached hydrogen (secondary N) is 1. The van der Waals surface area contributed by atoms with Gasteiger partial charge in [0.15, 0.2) is 0 Å². The van der Waals surface area contributed by atoms with Crippen LogP contribution in [0.3, 0.4) is 0 Å². The van der Waals surface area contributed by atoms with Crippen LogP contribution in [0.2, 0.25) is 0 Å². The molecule has 1 aromatic carbocycles. The molecule has 1 heterocycles. The quantitative estimate of drug-likeness (QED) is 0.637. The lowest BCUT2D eigenvalue weighted by molar-refractivity contribution is 0.734. The summed E-state index contributed by atoms with van der Waals surface area (Å²) in [6, 6.07) is 6.52. The van der Waals surface area contributed by atoms with E-state index in [2.05, 4.69) is 58.2 Å². The third kappa shape index (κ3) is 2.50. The summed E-state index contributed by atoms with van der Waals surface area (Å²) in [6.45, 7) is 10.9. The lowest BCUT2D eigenvalue weighted by Gasteiger charge is -2.19. The Morgan fingerprint density at radius 2 is 1.95 bits per heavy atom. The van der Waals surface area contributed by atoms with Gasteiger partial charge in [0.1, 0.15) is 0 Å². The van der Waals surface area contributed by atoms with E-state index in [9.17, 15) is 0 Å². The summed E-state index contributed by atoms with van der Waals surface area (Å²) in [5.41, 5.74) is 8.54. The van der Waals surface area contributed by atoms with E-state index in [4.69, 9.17) is 10.8 Å². The van der Waals surface area contributed by atoms with Gasteiger partial charge in [-0.05, 0) is 42.9 Å². The number of nitrogens with two attached hydrogens (primary N) is 1. The maximum atomic E-state index is 5.80. The van der Waals surface area contributed by atoms with E-state index >= 15 is 0 Å². The zero-order valence-electron chi connectivity index (χ0n) is 13.1. The number of hydrazine groups is 1. The zero-order valence-corrected chi connectivity index (χ0v) is 13.1. The van der Waals surface area contributed by atoms with Gasteiger partial charge >= 0.3 is 0 Å². The number of nitrogens with zero attached hydrogens (tertiary/aromatic N) is 1. The molecule has 0 aliphatic heterocycles. The van der Waals surface area contributed by atoms with Crippen molar-refractivity contribution in [3.05, 3.63) is 35.0 Å². The van der Waals surface area contributed by atoms with E-state index < -0.39 is 0 Å². The van der Waals surface area contributed by atoms with Crippen LogP contribution in [0.5, 0.6) is 0 Å². The summed E-state index contributed by atoms with van der Waals surface area (Å²) in [5.74, 6) is 6.75. The molecule has 0 bridgehead atoms. The highest BCUT2D eigenvalue weighted by atomic mass is 15.2. The summed E-state index contributed by atoms with van der Waals surface area (Å²) >= 11 is 0. The number of nitrogen functional groups attached to an aromatic ring is 1. The van der Waals surface area contributed by atoms with E-state index in [-0.39, 0.29) is 0 Å². The highest BCUT2D eigenvalue weighted by molar-refractivity contribution is 5.94. The van der Waals surface area contributed by atoms with Gasteiger partial charge in [0.2, 0.25) is 0 Å². The van der Waals surface area contributed by atoms with Crippen molar-refractivity contribution in [1.29, 1.82) is 0 Å². The van der Waals surface area contributed by atoms with Crippen molar-refractivity contribution >= 4 is 16.6 Å². The first-order valence-corrected chi connectivity index (χ1v) is 7.40. The highest BCUT2D eigenvalue weighted by Gasteiger charge is 2.15. The van der Waals surface area contributed by atoms with Gasteiger partial charge in [0, 0.05) is 16.6 Å². The van der Waals surface area contributed by atoms with Gasteiger partial charge < -0.3 is 5.43 Å². The maximum Gasteiger partial charge on any atom is 0.0726 e. The first-order valence-electron chi connectivity index (χ1n) is 7.40. The molecule has 108 valence electrons. The molecule has 20 heavy (non-hydrogen) atoms. The molecular formula is C17H25N3. The Bertz CT molecular complexity index is 617. The Hall–Kier alpha value is -1.61. The second-order valence-electron chi connectivity index (χ2n) is 5.87. The van der Waals surface area contributed by atoms with Crippen molar-refractivity contribution in [2.75, 3.05) is 5.43 Å². The van der Waals surface area contributed by atoms with Crippen LogP contribution < -0.4 is 11.3 Å². The summed E-state index contributed by atoms with van der Waals surface area (Å²) in [5, 5.41) is 1.12. The molecule has 1 aromatic heterocycles. The lowest BCUT2D eigenvalue weighted by atomic mass is 9.93. The molecule has 0 spiro atoms. The molecule has 0 saturated heterocycles. The van der Waals surface area contributed by atoms with Crippen LogP contribution in [-0.4, -0.2) is 4.98 Å². The smallest absolute Gasteiger partial charge is 0.0726 e. The third-order valence-electron chi connectivity index (χ3n) is 4.14. The fourth-order valence-corrected chi connectivity index (χ4v) is 2.82. The summed E-state index contributed by atoms with van der Waals surface area (Å²) < 4.78 is 0. The Kier molecular flexibility index (Phi) is 4.29. The van der Waals surface area contributed by atoms with Gasteiger partial charge in [0.05, 0.1) is 11.2 Å². The Balaban J connectivity index is 2.75. The molecule has 1 unspecified atom stereocenters. The van der Waals surface area contributed by atoms with Crippen LogP contribution in [0.4, 0.5) is 5.69 Å². The predicted molar refractivity (Wildman–Crippen MR) is 87.1 cm³/mol. The molecule has 2 aromatic rings. The maximum absolute atomic E-state index is 5.80. The molecule has 3 nitrogen and oxygen atoms in total. The SMILES string of the molecule is CCC(C)c1ccc2nc(C)c(C(C)C)c(NN)c2c1. The van der Waals surface area contributed by atoms with Gasteiger partial charge in [-0.1, -0.05) is 33.8 Å². The van der Waals surface area contributed by atoms with Crippen LogP contribution in [0, 0.1) is 6.92 Å². The summed E-state index contributed by atoms with van der Waals surface area (Å²) in [4.78, 5) is 4.74. The van der Waals surface area contributed by atoms with E-state index in [0.717, 1.165) is 28.7 Å². The molecule has 0 amide bonds. The number of hydrogen-bond donors (Lipinski definition) is 2. The van der Waals surface area contributed by atoms with Crippen molar-refractivity contribution in [3.8, 4) is 0 Å². The molecule has 0 saturated carbocycles. The first kappa shape index (κ1) is 14.8. The van der Waals surface area contributed by atoms with Crippen molar-refractivity contribution in [3.63, 3.8) is 0 Å². The topological polar surface area (TPSA) is 50.9 Å². The van der Waals surface area contributed by atoms with E-state index in [1.165, 1.54) is 11.1 Å². The number of aryl methyl sites for hydroxylation is 1. The molecule has 1 atom stereocenters. The molecule has 0 fully saturated rings. The summed E-state index contributed by atoms with van der Waals surface area (Å²) in [7, 11) is 0. The van der Waals surface area contributed by atoms with Crippen molar-refractivity contribution in [1.82, 2.24) is 4.98 Å². The van der Waals surface area contributed by atoms with Crippen molar-refractivity contribution in [2.45, 2.75) is 52.9 Å². The fourth-order valence-electron chi connectivity index (χ4n) is 2.82. The van der Waals surface area contributed by atoms with E-state index in [1.807, 2.05) is 0 Å². The number of anilines is 1. The number of benzene rings is 1. The van der Waals surface area contributed by atoms with Gasteiger partial charge in [0.25, 0.3) is 0 Å². The van der Waals surface area contributed by atoms with Crippen LogP contribution >= 0.6 is 0 Å². The monoisotopic (exact) mass is 271 g/mol. The van der Waals surface area contributed by atoms with Gasteiger partial charge in [-0.15, -0.1) is 0 Å². The van der Waals surface area contributed by atoms with Crippen LogP contribution in [0.25, 0.3) is 10.9 Å². The molecule has 0 radical (unpaired) electrons. The third-order valence-corrected chi connectivity index (χ3v) is 4.14. The molecule has 3 heteroatoms. The largest absolute Gasteiger partial charge is 0.323 e. The Morgan fingerprint density at radius 1 is 1.25 bits per heavy atom. The highest BCUT2D eigenvalue weighted by Crippen LogP contribution is 2.34. The van der Waals surface area contributed by atoms with E-state index in [1.54, 1.807) is 0 Å². The number of pyridine rings is 1. The van der Waals surface area contributed by atoms with Crippen LogP contribution in [-0.2, 0) is 0 Å². The average Bonchev–Trinajstić information content (AvgIpc) is 2.43. The number of hydrogen-bond acceptors (Lipinski definition) is 3. The second-order valence-corrected chi connectivity index (χ2v) is 5.87. The first-order chi connectivity index (χ1) is 9.49. The van der Waals surface area contributed by atoms with Gasteiger partial charge in [-0.25, -0.2) is 0 Å². The van der Waals surface area contributed by atoms with Crippen molar-refractivity contribution in [2.24, 2.45) is 5.84 Å². The molecule has 0 aliphatic carbocycles. The molecule has 3 N–H and O–H groups in total. The Morgan fingerprint density at radius 3 is 2.50 bits per heavy atom. The fraction of sp³-hybridized carbons (Fsp3) is 0.471. The normalized spacial score (nSPS) is 12.9. The van der Waals surface area contributed by atoms with Gasteiger partial charge in [-0.3, -0.25) is 10.8 Å². The van der Waals surface area contributed by atoms with Gasteiger partial charge in [-0.2, -0.15) is 0 Å². The van der Waals surface area contributed by atoms with E-state index in [0.29, 0.717) is 11.8 Å². The number of aromatic nitrogens is 1. The summed E-state index contributed by atoms with van der Waals surface area (Å²) in [6.07, 6.45) is 1.13. The minimum absolute atomic E-state index is 0.394. The predicted octanol–water partition coefficient (Wildman–Crippen LogP) is 4.47. The lowest BCUT2D eigenvalue weighted by Crippen LogP contribution is -2.13. The number of rotatable bonds is 4. The average molecular weight is 271 g/mol. The minimum atomic E-state index is 0.394. The Labute approximate surface area is 121 Å². The molecule has 0 aliphatic rings. The van der Waals surface area contributed by atoms with Crippen LogP contribution in [0.1, 0.15) is 62.8 Å². The molecular weight excluding hydrogens is 246 g/mol.